The summed E-state index contributed by atoms with van der Waals surface area (Å²) >= 11 is 0. The Morgan fingerprint density at radius 3 is 2.64 bits per heavy atom. The molecule has 1 unspecified atom stereocenters. The minimum Gasteiger partial charge on any atom is -0.356 e. The maximum atomic E-state index is 13.4. The molecule has 1 fully saturated rings. The molecule has 0 spiro atoms. The van der Waals surface area contributed by atoms with Gasteiger partial charge in [-0.05, 0) is 37.5 Å². The zero-order valence-corrected chi connectivity index (χ0v) is 15.9. The third-order valence-electron chi connectivity index (χ3n) is 4.93. The molecule has 1 atom stereocenters. The van der Waals surface area contributed by atoms with Crippen LogP contribution in [-0.2, 0) is 11.0 Å². The number of benzene rings is 1. The molecule has 28 heavy (non-hydrogen) atoms. The molecule has 8 heteroatoms. The molecule has 1 N–H and O–H groups in total. The summed E-state index contributed by atoms with van der Waals surface area (Å²) in [4.78, 5) is 26.3. The van der Waals surface area contributed by atoms with Crippen LogP contribution < -0.4 is 5.32 Å². The van der Waals surface area contributed by atoms with E-state index < -0.39 is 23.5 Å². The quantitative estimate of drug-likeness (QED) is 0.543. The lowest BCUT2D eigenvalue weighted by Gasteiger charge is -2.32. The molecule has 1 saturated heterocycles. The number of hydrogen-bond donors (Lipinski definition) is 1. The van der Waals surface area contributed by atoms with Gasteiger partial charge >= 0.3 is 6.18 Å². The van der Waals surface area contributed by atoms with Crippen LogP contribution in [0.1, 0.15) is 61.4 Å². The molecule has 0 radical (unpaired) electrons. The number of amides is 2. The number of halogens is 4. The molecular weight excluding hydrogens is 376 g/mol. The Morgan fingerprint density at radius 1 is 1.21 bits per heavy atom. The van der Waals surface area contributed by atoms with Crippen molar-refractivity contribution in [2.45, 2.75) is 51.6 Å². The molecular formula is C20H26F4N2O2. The summed E-state index contributed by atoms with van der Waals surface area (Å²) in [7, 11) is 0. The number of hydrogen-bond acceptors (Lipinski definition) is 2. The van der Waals surface area contributed by atoms with Gasteiger partial charge in [-0.3, -0.25) is 9.59 Å². The molecule has 156 valence electrons. The third-order valence-corrected chi connectivity index (χ3v) is 4.93. The normalized spacial score (nSPS) is 17.5. The van der Waals surface area contributed by atoms with Crippen LogP contribution in [0.15, 0.2) is 18.2 Å². The van der Waals surface area contributed by atoms with E-state index in [4.69, 9.17) is 0 Å². The van der Waals surface area contributed by atoms with Crippen LogP contribution in [0, 0.1) is 11.7 Å². The largest absolute Gasteiger partial charge is 0.419 e. The van der Waals surface area contributed by atoms with Crippen LogP contribution in [0.3, 0.4) is 0 Å². The average molecular weight is 402 g/mol. The number of carbonyl (C=O) groups excluding carboxylic acids is 2. The SMILES string of the molecule is CCCCCCNC(=O)C1CCCN(C(=O)c2ccc(F)c(C(F)(F)F)c2)C1. The van der Waals surface area contributed by atoms with Gasteiger partial charge in [0.2, 0.25) is 5.91 Å². The smallest absolute Gasteiger partial charge is 0.356 e. The monoisotopic (exact) mass is 402 g/mol. The second kappa shape index (κ2) is 9.89. The van der Waals surface area contributed by atoms with Crippen molar-refractivity contribution in [3.05, 3.63) is 35.1 Å². The Balaban J connectivity index is 1.98. The second-order valence-corrected chi connectivity index (χ2v) is 7.13. The van der Waals surface area contributed by atoms with Crippen molar-refractivity contribution in [1.82, 2.24) is 10.2 Å². The number of piperidine rings is 1. The lowest BCUT2D eigenvalue weighted by molar-refractivity contribution is -0.140. The van der Waals surface area contributed by atoms with E-state index in [1.807, 2.05) is 0 Å². The van der Waals surface area contributed by atoms with Gasteiger partial charge in [0.25, 0.3) is 5.91 Å². The lowest BCUT2D eigenvalue weighted by atomic mass is 9.96. The van der Waals surface area contributed by atoms with E-state index in [-0.39, 0.29) is 23.9 Å². The van der Waals surface area contributed by atoms with Gasteiger partial charge < -0.3 is 10.2 Å². The first-order valence-corrected chi connectivity index (χ1v) is 9.67. The number of alkyl halides is 3. The molecule has 0 aliphatic carbocycles. The van der Waals surface area contributed by atoms with Crippen molar-refractivity contribution in [2.75, 3.05) is 19.6 Å². The Labute approximate surface area is 162 Å². The minimum atomic E-state index is -4.87. The highest BCUT2D eigenvalue weighted by Crippen LogP contribution is 2.32. The number of unbranched alkanes of at least 4 members (excludes halogenated alkanes) is 3. The molecule has 0 bridgehead atoms. The Bertz CT molecular complexity index is 691. The standard InChI is InChI=1S/C20H26F4N2O2/c1-2-3-4-5-10-25-18(27)15-7-6-11-26(13-15)19(28)14-8-9-17(21)16(12-14)20(22,23)24/h8-9,12,15H,2-7,10-11,13H2,1H3,(H,25,27). The van der Waals surface area contributed by atoms with Crippen molar-refractivity contribution in [3.63, 3.8) is 0 Å². The van der Waals surface area contributed by atoms with Crippen molar-refractivity contribution in [2.24, 2.45) is 5.92 Å². The topological polar surface area (TPSA) is 49.4 Å². The van der Waals surface area contributed by atoms with E-state index in [1.165, 1.54) is 4.90 Å². The summed E-state index contributed by atoms with van der Waals surface area (Å²) in [6, 6.07) is 2.24. The zero-order chi connectivity index (χ0) is 20.7. The number of nitrogens with zero attached hydrogens (tertiary/aromatic N) is 1. The molecule has 1 aromatic carbocycles. The molecule has 1 heterocycles. The summed E-state index contributed by atoms with van der Waals surface area (Å²) in [6.07, 6.45) is 0.492. The van der Waals surface area contributed by atoms with Gasteiger partial charge in [-0.15, -0.1) is 0 Å². The van der Waals surface area contributed by atoms with Gasteiger partial charge in [0, 0.05) is 25.2 Å². The zero-order valence-electron chi connectivity index (χ0n) is 15.9. The molecule has 0 saturated carbocycles. The highest BCUT2D eigenvalue weighted by atomic mass is 19.4. The summed E-state index contributed by atoms with van der Waals surface area (Å²) in [5.74, 6) is -2.55. The van der Waals surface area contributed by atoms with Gasteiger partial charge in [-0.2, -0.15) is 13.2 Å². The van der Waals surface area contributed by atoms with Crippen LogP contribution in [0.2, 0.25) is 0 Å². The first-order valence-electron chi connectivity index (χ1n) is 9.67. The highest BCUT2D eigenvalue weighted by Gasteiger charge is 2.35. The Kier molecular flexibility index (Phi) is 7.83. The molecule has 0 aromatic heterocycles. The van der Waals surface area contributed by atoms with E-state index in [2.05, 4.69) is 12.2 Å². The third kappa shape index (κ3) is 5.94. The molecule has 4 nitrogen and oxygen atoms in total. The van der Waals surface area contributed by atoms with E-state index in [0.717, 1.165) is 31.7 Å². The van der Waals surface area contributed by atoms with Crippen LogP contribution in [0.5, 0.6) is 0 Å². The van der Waals surface area contributed by atoms with Gasteiger partial charge in [0.1, 0.15) is 5.82 Å². The summed E-state index contributed by atoms with van der Waals surface area (Å²) in [5, 5.41) is 2.87. The number of carbonyl (C=O) groups is 2. The highest BCUT2D eigenvalue weighted by molar-refractivity contribution is 5.95. The number of rotatable bonds is 7. The fourth-order valence-corrected chi connectivity index (χ4v) is 3.34. The van der Waals surface area contributed by atoms with Crippen LogP contribution in [-0.4, -0.2) is 36.3 Å². The molecule has 1 aromatic rings. The first kappa shape index (κ1) is 22.2. The second-order valence-electron chi connectivity index (χ2n) is 7.13. The maximum absolute atomic E-state index is 13.4. The fourth-order valence-electron chi connectivity index (χ4n) is 3.34. The van der Waals surface area contributed by atoms with Crippen molar-refractivity contribution >= 4 is 11.8 Å². The van der Waals surface area contributed by atoms with E-state index in [1.54, 1.807) is 0 Å². The predicted molar refractivity (Wildman–Crippen MR) is 97.2 cm³/mol. The van der Waals surface area contributed by atoms with Crippen LogP contribution in [0.4, 0.5) is 17.6 Å². The minimum absolute atomic E-state index is 0.135. The summed E-state index contributed by atoms with van der Waals surface area (Å²) in [6.45, 7) is 3.19. The van der Waals surface area contributed by atoms with Crippen LogP contribution in [0.25, 0.3) is 0 Å². The molecule has 1 aliphatic heterocycles. The number of nitrogens with one attached hydrogen (secondary N) is 1. The van der Waals surface area contributed by atoms with Gasteiger partial charge in [-0.1, -0.05) is 26.2 Å². The summed E-state index contributed by atoms with van der Waals surface area (Å²) in [5.41, 5.74) is -1.69. The number of likely N-dealkylation sites (tertiary alicyclic amines) is 1. The lowest BCUT2D eigenvalue weighted by Crippen LogP contribution is -2.45. The maximum Gasteiger partial charge on any atom is 0.419 e. The van der Waals surface area contributed by atoms with Gasteiger partial charge in [0.05, 0.1) is 11.5 Å². The van der Waals surface area contributed by atoms with Gasteiger partial charge in [-0.25, -0.2) is 4.39 Å². The fraction of sp³-hybridized carbons (Fsp3) is 0.600. The van der Waals surface area contributed by atoms with E-state index in [9.17, 15) is 27.2 Å². The molecule has 1 aliphatic rings. The first-order chi connectivity index (χ1) is 13.2. The Hall–Kier alpha value is -2.12. The van der Waals surface area contributed by atoms with Crippen LogP contribution >= 0.6 is 0 Å². The summed E-state index contributed by atoms with van der Waals surface area (Å²) < 4.78 is 52.1. The predicted octanol–water partition coefficient (Wildman–Crippen LogP) is 4.39. The molecule has 2 amide bonds. The average Bonchev–Trinajstić information content (AvgIpc) is 2.66. The molecule has 2 rings (SSSR count). The van der Waals surface area contributed by atoms with Crippen molar-refractivity contribution in [1.29, 1.82) is 0 Å². The van der Waals surface area contributed by atoms with E-state index in [0.29, 0.717) is 38.1 Å². The van der Waals surface area contributed by atoms with Gasteiger partial charge in [0.15, 0.2) is 0 Å². The van der Waals surface area contributed by atoms with E-state index >= 15 is 0 Å². The van der Waals surface area contributed by atoms with Crippen molar-refractivity contribution < 1.29 is 27.2 Å². The Morgan fingerprint density at radius 2 is 1.96 bits per heavy atom. The van der Waals surface area contributed by atoms with Crippen molar-refractivity contribution in [3.8, 4) is 0 Å².